The molecule has 0 aliphatic carbocycles. The molecule has 1 aromatic rings. The number of Topliss-reactive ketones (excluding diaryl/α,β-unsaturated/α-hetero) is 1. The number of rotatable bonds is 6. The number of nitro benzene ring substituents is 1. The molecule has 0 saturated carbocycles. The van der Waals surface area contributed by atoms with Crippen LogP contribution in [0.1, 0.15) is 24.2 Å². The number of likely N-dealkylation sites (N-methyl/N-ethyl adjacent to an activating group) is 1. The minimum absolute atomic E-state index is 0.0114. The first kappa shape index (κ1) is 17.9. The van der Waals surface area contributed by atoms with Crippen LogP contribution in [0.15, 0.2) is 18.2 Å². The lowest BCUT2D eigenvalue weighted by molar-refractivity contribution is -0.384. The zero-order chi connectivity index (χ0) is 17.7. The van der Waals surface area contributed by atoms with Gasteiger partial charge in [0.25, 0.3) is 5.69 Å². The maximum Gasteiger partial charge on any atom is 0.293 e. The summed E-state index contributed by atoms with van der Waals surface area (Å²) in [4.78, 5) is 37.9. The number of hydrogen-bond acceptors (Lipinski definition) is 6. The van der Waals surface area contributed by atoms with Gasteiger partial charge in [0.15, 0.2) is 5.78 Å². The van der Waals surface area contributed by atoms with Gasteiger partial charge in [-0.2, -0.15) is 0 Å². The van der Waals surface area contributed by atoms with Crippen LogP contribution in [0.2, 0.25) is 0 Å². The van der Waals surface area contributed by atoms with Gasteiger partial charge < -0.3 is 10.2 Å². The van der Waals surface area contributed by atoms with E-state index in [1.165, 1.54) is 13.0 Å². The highest BCUT2D eigenvalue weighted by atomic mass is 16.6. The van der Waals surface area contributed by atoms with Gasteiger partial charge in [-0.15, -0.1) is 0 Å². The Balaban J connectivity index is 2.07. The minimum Gasteiger partial charge on any atom is -0.363 e. The van der Waals surface area contributed by atoms with Crippen LogP contribution in [-0.2, 0) is 4.79 Å². The topological polar surface area (TPSA) is 95.8 Å². The van der Waals surface area contributed by atoms with Gasteiger partial charge in [-0.25, -0.2) is 0 Å². The maximum atomic E-state index is 11.6. The van der Waals surface area contributed by atoms with Crippen molar-refractivity contribution in [1.29, 1.82) is 0 Å². The lowest BCUT2D eigenvalue weighted by Crippen LogP contribution is -2.49. The van der Waals surface area contributed by atoms with Gasteiger partial charge in [0.05, 0.1) is 11.5 Å². The molecule has 1 N–H and O–H groups in total. The molecule has 1 aliphatic rings. The molecule has 0 unspecified atom stereocenters. The lowest BCUT2D eigenvalue weighted by Gasteiger charge is -2.35. The van der Waals surface area contributed by atoms with E-state index in [1.54, 1.807) is 12.1 Å². The first-order valence-electron chi connectivity index (χ1n) is 7.95. The van der Waals surface area contributed by atoms with E-state index >= 15 is 0 Å². The summed E-state index contributed by atoms with van der Waals surface area (Å²) in [7, 11) is 0. The van der Waals surface area contributed by atoms with Crippen LogP contribution in [0.5, 0.6) is 0 Å². The van der Waals surface area contributed by atoms with Gasteiger partial charge >= 0.3 is 0 Å². The fourth-order valence-electron chi connectivity index (χ4n) is 2.76. The predicted octanol–water partition coefficient (Wildman–Crippen LogP) is 1.06. The maximum absolute atomic E-state index is 11.6. The molecule has 0 radical (unpaired) electrons. The predicted molar refractivity (Wildman–Crippen MR) is 90.4 cm³/mol. The van der Waals surface area contributed by atoms with Crippen LogP contribution in [0.3, 0.4) is 0 Å². The number of amides is 1. The number of carbonyl (C=O) groups is 2. The van der Waals surface area contributed by atoms with Crippen LogP contribution in [-0.4, -0.2) is 60.8 Å². The summed E-state index contributed by atoms with van der Waals surface area (Å²) in [6.45, 7) is 6.71. The van der Waals surface area contributed by atoms with Crippen molar-refractivity contribution in [2.24, 2.45) is 0 Å². The molecule has 1 saturated heterocycles. The van der Waals surface area contributed by atoms with Gasteiger partial charge in [0, 0.05) is 44.4 Å². The number of nitrogens with zero attached hydrogens (tertiary/aromatic N) is 3. The molecule has 0 spiro atoms. The molecule has 8 heteroatoms. The Kier molecular flexibility index (Phi) is 5.86. The largest absolute Gasteiger partial charge is 0.363 e. The molecule has 1 amide bonds. The van der Waals surface area contributed by atoms with Gasteiger partial charge in [-0.05, 0) is 26.0 Å². The summed E-state index contributed by atoms with van der Waals surface area (Å²) in [6.07, 6.45) is 0. The standard InChI is InChI=1S/C16H22N4O4/c1-3-17-16(22)11-18-6-8-19(9-7-18)14-5-4-13(12(2)21)10-15(14)20(23)24/h4-5,10H,3,6-9,11H2,1-2H3,(H,17,22). The third-order valence-corrected chi connectivity index (χ3v) is 4.03. The van der Waals surface area contributed by atoms with Crippen LogP contribution >= 0.6 is 0 Å². The second kappa shape index (κ2) is 7.87. The second-order valence-corrected chi connectivity index (χ2v) is 5.73. The molecule has 24 heavy (non-hydrogen) atoms. The molecule has 8 nitrogen and oxygen atoms in total. The number of piperazine rings is 1. The summed E-state index contributed by atoms with van der Waals surface area (Å²) in [5.74, 6) is -0.209. The van der Waals surface area contributed by atoms with E-state index in [0.29, 0.717) is 50.5 Å². The molecule has 2 rings (SSSR count). The van der Waals surface area contributed by atoms with Crippen LogP contribution in [0.25, 0.3) is 0 Å². The number of ketones is 1. The van der Waals surface area contributed by atoms with Crippen LogP contribution in [0, 0.1) is 10.1 Å². The van der Waals surface area contributed by atoms with E-state index in [9.17, 15) is 19.7 Å². The Morgan fingerprint density at radius 1 is 1.25 bits per heavy atom. The van der Waals surface area contributed by atoms with Crippen molar-refractivity contribution >= 4 is 23.1 Å². The molecule has 1 aliphatic heterocycles. The van der Waals surface area contributed by atoms with E-state index in [0.717, 1.165) is 0 Å². The number of hydrogen-bond donors (Lipinski definition) is 1. The second-order valence-electron chi connectivity index (χ2n) is 5.73. The van der Waals surface area contributed by atoms with Gasteiger partial charge in [0.1, 0.15) is 5.69 Å². The Hall–Kier alpha value is -2.48. The summed E-state index contributed by atoms with van der Waals surface area (Å²) in [5, 5.41) is 14.1. The Morgan fingerprint density at radius 3 is 2.46 bits per heavy atom. The van der Waals surface area contributed by atoms with Crippen molar-refractivity contribution in [3.05, 3.63) is 33.9 Å². The van der Waals surface area contributed by atoms with Crippen molar-refractivity contribution in [1.82, 2.24) is 10.2 Å². The summed E-state index contributed by atoms with van der Waals surface area (Å²) < 4.78 is 0. The van der Waals surface area contributed by atoms with Gasteiger partial charge in [-0.3, -0.25) is 24.6 Å². The summed E-state index contributed by atoms with van der Waals surface area (Å²) >= 11 is 0. The number of carbonyl (C=O) groups excluding carboxylic acids is 2. The average Bonchev–Trinajstić information content (AvgIpc) is 2.55. The zero-order valence-corrected chi connectivity index (χ0v) is 13.9. The van der Waals surface area contributed by atoms with Crippen molar-refractivity contribution in [3.63, 3.8) is 0 Å². The highest BCUT2D eigenvalue weighted by molar-refractivity contribution is 5.95. The van der Waals surface area contributed by atoms with E-state index < -0.39 is 4.92 Å². The quantitative estimate of drug-likeness (QED) is 0.475. The Labute approximate surface area is 140 Å². The molecule has 1 aromatic carbocycles. The van der Waals surface area contributed by atoms with Crippen LogP contribution in [0.4, 0.5) is 11.4 Å². The summed E-state index contributed by atoms with van der Waals surface area (Å²) in [5.41, 5.74) is 0.794. The monoisotopic (exact) mass is 334 g/mol. The molecular weight excluding hydrogens is 312 g/mol. The lowest BCUT2D eigenvalue weighted by atomic mass is 10.1. The van der Waals surface area contributed by atoms with Gasteiger partial charge in [-0.1, -0.05) is 0 Å². The number of nitrogens with one attached hydrogen (secondary N) is 1. The van der Waals surface area contributed by atoms with E-state index in [1.807, 2.05) is 16.7 Å². The van der Waals surface area contributed by atoms with Crippen LogP contribution < -0.4 is 10.2 Å². The van der Waals surface area contributed by atoms with Crippen molar-refractivity contribution in [2.75, 3.05) is 44.2 Å². The van der Waals surface area contributed by atoms with E-state index in [-0.39, 0.29) is 17.4 Å². The first-order valence-corrected chi connectivity index (χ1v) is 7.95. The molecule has 1 heterocycles. The number of anilines is 1. The molecular formula is C16H22N4O4. The van der Waals surface area contributed by atoms with Crippen molar-refractivity contribution in [2.45, 2.75) is 13.8 Å². The normalized spacial score (nSPS) is 15.2. The van der Waals surface area contributed by atoms with Crippen molar-refractivity contribution in [3.8, 4) is 0 Å². The van der Waals surface area contributed by atoms with Crippen molar-refractivity contribution < 1.29 is 14.5 Å². The van der Waals surface area contributed by atoms with E-state index in [2.05, 4.69) is 5.32 Å². The molecule has 0 bridgehead atoms. The molecule has 0 atom stereocenters. The minimum atomic E-state index is -0.456. The Morgan fingerprint density at radius 2 is 1.92 bits per heavy atom. The molecule has 130 valence electrons. The fraction of sp³-hybridized carbons (Fsp3) is 0.500. The van der Waals surface area contributed by atoms with E-state index in [4.69, 9.17) is 0 Å². The summed E-state index contributed by atoms with van der Waals surface area (Å²) in [6, 6.07) is 4.58. The smallest absolute Gasteiger partial charge is 0.293 e. The molecule has 1 fully saturated rings. The number of benzene rings is 1. The molecule has 0 aromatic heterocycles. The average molecular weight is 334 g/mol. The zero-order valence-electron chi connectivity index (χ0n) is 13.9. The third kappa shape index (κ3) is 4.29. The highest BCUT2D eigenvalue weighted by Crippen LogP contribution is 2.30. The first-order chi connectivity index (χ1) is 11.4. The fourth-order valence-corrected chi connectivity index (χ4v) is 2.76. The highest BCUT2D eigenvalue weighted by Gasteiger charge is 2.25. The Bertz CT molecular complexity index is 639. The number of nitro groups is 1. The third-order valence-electron chi connectivity index (χ3n) is 4.03. The van der Waals surface area contributed by atoms with Gasteiger partial charge in [0.2, 0.25) is 5.91 Å². The SMILES string of the molecule is CCNC(=O)CN1CCN(c2ccc(C(C)=O)cc2[N+](=O)[O-])CC1.